The Kier molecular flexibility index (Phi) is 10.7. The van der Waals surface area contributed by atoms with Crippen molar-refractivity contribution in [3.05, 3.63) is 64.5 Å². The van der Waals surface area contributed by atoms with Crippen molar-refractivity contribution in [2.24, 2.45) is 0 Å². The first-order valence-corrected chi connectivity index (χ1v) is 17.2. The van der Waals surface area contributed by atoms with E-state index >= 15 is 0 Å². The quantitative estimate of drug-likeness (QED) is 0.113. The number of fused-ring (bicyclic) bond motifs is 1. The number of nitrogens with one attached hydrogen (secondary N) is 3. The SMILES string of the molecule is Cc1cc(Nc2ncc(Cl)c(N)n2)c(OC(C)C)cc1C1CCN(CC(=O)NCCOc2ccc3occ(C4CCC(=O)NC4=O)c3c2)CC1. The standard InChI is InChI=1S/C36H42ClN7O6/c1-20(2)50-31-16-25(21(3)14-29(31)41-36-40-17-28(37)34(38)43-36)22-8-11-44(12-9-22)18-33(46)39-10-13-48-23-4-6-30-26(15-23)27(19-49-30)24-5-7-32(45)42-35(24)47/h4,6,14-17,19-20,22,24H,5,7-13,18H2,1-3H3,(H,39,46)(H,42,45,47)(H3,38,40,41,43). The Balaban J connectivity index is 0.980. The van der Waals surface area contributed by atoms with Crippen LogP contribution in [0.1, 0.15) is 68.1 Å². The Labute approximate surface area is 295 Å². The number of nitrogen functional groups attached to an aromatic ring is 1. The van der Waals surface area contributed by atoms with Gasteiger partial charge in [-0.05, 0) is 100 Å². The molecule has 0 saturated carbocycles. The fraction of sp³-hybridized carbons (Fsp3) is 0.417. The minimum absolute atomic E-state index is 0.0360. The van der Waals surface area contributed by atoms with Crippen LogP contribution in [0.15, 0.2) is 47.2 Å². The van der Waals surface area contributed by atoms with Gasteiger partial charge in [0.1, 0.15) is 34.5 Å². The number of ether oxygens (including phenoxy) is 2. The van der Waals surface area contributed by atoms with Crippen LogP contribution in [0.25, 0.3) is 11.0 Å². The summed E-state index contributed by atoms with van der Waals surface area (Å²) in [7, 11) is 0. The Hall–Kier alpha value is -4.88. The number of aryl methyl sites for hydroxylation is 1. The molecule has 2 fully saturated rings. The molecule has 0 spiro atoms. The number of carbonyl (C=O) groups excluding carboxylic acids is 3. The molecule has 264 valence electrons. The number of halogens is 1. The zero-order chi connectivity index (χ0) is 35.4. The van der Waals surface area contributed by atoms with Gasteiger partial charge in [-0.3, -0.25) is 24.6 Å². The van der Waals surface area contributed by atoms with E-state index in [4.69, 9.17) is 31.2 Å². The lowest BCUT2D eigenvalue weighted by Crippen LogP contribution is -2.42. The minimum atomic E-state index is -0.450. The van der Waals surface area contributed by atoms with E-state index in [0.29, 0.717) is 53.5 Å². The maximum Gasteiger partial charge on any atom is 0.234 e. The molecule has 50 heavy (non-hydrogen) atoms. The predicted octanol–water partition coefficient (Wildman–Crippen LogP) is 5.19. The van der Waals surface area contributed by atoms with E-state index < -0.39 is 5.92 Å². The molecule has 0 aliphatic carbocycles. The van der Waals surface area contributed by atoms with Crippen LogP contribution >= 0.6 is 11.6 Å². The molecule has 2 aliphatic heterocycles. The summed E-state index contributed by atoms with van der Waals surface area (Å²) >= 11 is 5.99. The second-order valence-electron chi connectivity index (χ2n) is 13.0. The third-order valence-electron chi connectivity index (χ3n) is 9.03. The van der Waals surface area contributed by atoms with Crippen LogP contribution in [0, 0.1) is 6.92 Å². The van der Waals surface area contributed by atoms with Gasteiger partial charge in [0, 0.05) is 17.4 Å². The van der Waals surface area contributed by atoms with E-state index in [9.17, 15) is 14.4 Å². The maximum absolute atomic E-state index is 12.8. The first-order chi connectivity index (χ1) is 24.0. The number of aromatic nitrogens is 2. The van der Waals surface area contributed by atoms with Crippen molar-refractivity contribution in [3.8, 4) is 11.5 Å². The van der Waals surface area contributed by atoms with Gasteiger partial charge in [0.25, 0.3) is 0 Å². The molecule has 6 rings (SSSR count). The fourth-order valence-electron chi connectivity index (χ4n) is 6.55. The summed E-state index contributed by atoms with van der Waals surface area (Å²) in [5, 5.41) is 9.65. The summed E-state index contributed by atoms with van der Waals surface area (Å²) in [5.74, 6) is 1.10. The average Bonchev–Trinajstić information content (AvgIpc) is 3.49. The molecule has 14 heteroatoms. The molecular weight excluding hydrogens is 662 g/mol. The topological polar surface area (TPSA) is 174 Å². The van der Waals surface area contributed by atoms with E-state index in [-0.39, 0.29) is 42.7 Å². The number of anilines is 3. The van der Waals surface area contributed by atoms with E-state index in [0.717, 1.165) is 48.1 Å². The molecular formula is C36H42ClN7O6. The monoisotopic (exact) mass is 703 g/mol. The second kappa shape index (κ2) is 15.3. The smallest absolute Gasteiger partial charge is 0.234 e. The molecule has 3 amide bonds. The van der Waals surface area contributed by atoms with Crippen LogP contribution in [-0.2, 0) is 14.4 Å². The van der Waals surface area contributed by atoms with Gasteiger partial charge in [0.15, 0.2) is 0 Å². The highest BCUT2D eigenvalue weighted by Gasteiger charge is 2.30. The molecule has 1 atom stereocenters. The molecule has 4 aromatic rings. The molecule has 0 bridgehead atoms. The number of nitrogens with two attached hydrogens (primary N) is 1. The lowest BCUT2D eigenvalue weighted by atomic mass is 9.86. The van der Waals surface area contributed by atoms with Gasteiger partial charge in [0.05, 0.1) is 43.3 Å². The van der Waals surface area contributed by atoms with E-state index in [1.165, 1.54) is 11.8 Å². The summed E-state index contributed by atoms with van der Waals surface area (Å²) in [6.45, 7) is 8.60. The highest BCUT2D eigenvalue weighted by atomic mass is 35.5. The van der Waals surface area contributed by atoms with Crippen LogP contribution in [0.3, 0.4) is 0 Å². The van der Waals surface area contributed by atoms with Crippen LogP contribution in [0.5, 0.6) is 11.5 Å². The molecule has 2 aromatic heterocycles. The summed E-state index contributed by atoms with van der Waals surface area (Å²) in [6.07, 6.45) is 5.55. The number of likely N-dealkylation sites (tertiary alicyclic amines) is 1. The first kappa shape index (κ1) is 35.0. The molecule has 13 nitrogen and oxygen atoms in total. The molecule has 4 heterocycles. The lowest BCUT2D eigenvalue weighted by molar-refractivity contribution is -0.134. The summed E-state index contributed by atoms with van der Waals surface area (Å²) in [4.78, 5) is 47.4. The molecule has 1 unspecified atom stereocenters. The number of rotatable bonds is 12. The van der Waals surface area contributed by atoms with Gasteiger partial charge in [0.2, 0.25) is 23.7 Å². The molecule has 0 radical (unpaired) electrons. The molecule has 5 N–H and O–H groups in total. The Morgan fingerprint density at radius 2 is 1.96 bits per heavy atom. The van der Waals surface area contributed by atoms with Crippen LogP contribution in [0.2, 0.25) is 5.02 Å². The van der Waals surface area contributed by atoms with Crippen LogP contribution in [-0.4, -0.2) is 71.5 Å². The number of furan rings is 1. The van der Waals surface area contributed by atoms with Gasteiger partial charge in [-0.25, -0.2) is 4.98 Å². The van der Waals surface area contributed by atoms with Crippen LogP contribution in [0.4, 0.5) is 17.5 Å². The molecule has 2 aromatic carbocycles. The Bertz CT molecular complexity index is 1890. The number of carbonyl (C=O) groups is 3. The van der Waals surface area contributed by atoms with Crippen molar-refractivity contribution < 1.29 is 28.3 Å². The van der Waals surface area contributed by atoms with Gasteiger partial charge in [-0.2, -0.15) is 4.98 Å². The van der Waals surface area contributed by atoms with E-state index in [1.807, 2.05) is 26.0 Å². The minimum Gasteiger partial charge on any atom is -0.492 e. The van der Waals surface area contributed by atoms with Gasteiger partial charge in [-0.15, -0.1) is 0 Å². The predicted molar refractivity (Wildman–Crippen MR) is 190 cm³/mol. The second-order valence-corrected chi connectivity index (χ2v) is 13.4. The van der Waals surface area contributed by atoms with Gasteiger partial charge >= 0.3 is 0 Å². The maximum atomic E-state index is 12.8. The Morgan fingerprint density at radius 1 is 1.16 bits per heavy atom. The van der Waals surface area contributed by atoms with Crippen molar-refractivity contribution in [1.82, 2.24) is 25.5 Å². The van der Waals surface area contributed by atoms with E-state index in [1.54, 1.807) is 18.4 Å². The van der Waals surface area contributed by atoms with Crippen molar-refractivity contribution in [2.45, 2.75) is 64.4 Å². The third-order valence-corrected chi connectivity index (χ3v) is 9.32. The fourth-order valence-corrected chi connectivity index (χ4v) is 6.64. The highest BCUT2D eigenvalue weighted by Crippen LogP contribution is 2.38. The van der Waals surface area contributed by atoms with Crippen LogP contribution < -0.4 is 31.2 Å². The van der Waals surface area contributed by atoms with Crippen molar-refractivity contribution in [2.75, 3.05) is 43.8 Å². The average molecular weight is 704 g/mol. The highest BCUT2D eigenvalue weighted by molar-refractivity contribution is 6.32. The van der Waals surface area contributed by atoms with Crippen molar-refractivity contribution in [1.29, 1.82) is 0 Å². The number of imide groups is 1. The zero-order valence-corrected chi connectivity index (χ0v) is 29.1. The summed E-state index contributed by atoms with van der Waals surface area (Å²) in [5.41, 5.74) is 10.3. The third kappa shape index (κ3) is 8.28. The largest absolute Gasteiger partial charge is 0.492 e. The summed E-state index contributed by atoms with van der Waals surface area (Å²) < 4.78 is 17.7. The Morgan fingerprint density at radius 3 is 2.70 bits per heavy atom. The molecule has 2 aliphatic rings. The lowest BCUT2D eigenvalue weighted by Gasteiger charge is -2.32. The van der Waals surface area contributed by atoms with E-state index in [2.05, 4.69) is 43.8 Å². The number of amides is 3. The van der Waals surface area contributed by atoms with Crippen molar-refractivity contribution >= 4 is 57.7 Å². The van der Waals surface area contributed by atoms with Gasteiger partial charge in [-0.1, -0.05) is 11.6 Å². The van der Waals surface area contributed by atoms with Crippen molar-refractivity contribution in [3.63, 3.8) is 0 Å². The number of hydrogen-bond acceptors (Lipinski definition) is 11. The number of nitrogens with zero attached hydrogens (tertiary/aromatic N) is 3. The molecule has 2 saturated heterocycles. The normalized spacial score (nSPS) is 17.2. The summed E-state index contributed by atoms with van der Waals surface area (Å²) in [6, 6.07) is 9.57. The van der Waals surface area contributed by atoms with Gasteiger partial charge < -0.3 is 30.3 Å². The number of benzene rings is 2. The first-order valence-electron chi connectivity index (χ1n) is 16.9. The number of piperidine rings is 2. The zero-order valence-electron chi connectivity index (χ0n) is 28.4. The number of hydrogen-bond donors (Lipinski definition) is 4.